The molecule has 0 radical (unpaired) electrons. The van der Waals surface area contributed by atoms with E-state index in [4.69, 9.17) is 27.7 Å². The molecule has 324 valence electrons. The molecule has 0 spiro atoms. The predicted molar refractivity (Wildman–Crippen MR) is 220 cm³/mol. The van der Waals surface area contributed by atoms with Gasteiger partial charge in [-0.2, -0.15) is 0 Å². The summed E-state index contributed by atoms with van der Waals surface area (Å²) in [7, 11) is 1.12. The number of hydrogen-bond donors (Lipinski definition) is 0. The van der Waals surface area contributed by atoms with Crippen LogP contribution in [0.5, 0.6) is 0 Å². The van der Waals surface area contributed by atoms with Crippen LogP contribution in [-0.4, -0.2) is 82.2 Å². The molecule has 1 saturated heterocycles. The molecule has 56 heavy (non-hydrogen) atoms. The van der Waals surface area contributed by atoms with Crippen molar-refractivity contribution in [2.24, 2.45) is 0 Å². The van der Waals surface area contributed by atoms with Gasteiger partial charge in [0, 0.05) is 25.7 Å². The molecule has 0 aliphatic carbocycles. The van der Waals surface area contributed by atoms with Crippen LogP contribution >= 0.6 is 7.82 Å². The summed E-state index contributed by atoms with van der Waals surface area (Å²) in [5.74, 6) is 1.35. The smallest absolute Gasteiger partial charge is 0.306 e. The molecule has 1 aliphatic rings. The van der Waals surface area contributed by atoms with E-state index in [1.165, 1.54) is 36.8 Å². The molecule has 1 aromatic rings. The number of rotatable bonds is 35. The molecule has 0 amide bonds. The average Bonchev–Trinajstić information content (AvgIpc) is 3.84. The standard InChI is InChI=1S/C44H78NO10P/c1-8-10-21-28-41-42(55-41)29-23-18-13-11-12-14-20-25-31-44(47)53-38(35-52-56(48,49)51-33-32-45(5,6)7)34-50-43(46)30-24-19-16-15-17-22-27-40-37(4)36(3)39(54-40)26-9-2/h18,23,38,41-42H,8-17,19-22,24-35H2,1-7H3/b23-18-/t38-,41?,42?/m1/s1. The number of esters is 2. The topological polar surface area (TPSA) is 137 Å². The summed E-state index contributed by atoms with van der Waals surface area (Å²) in [5, 5.41) is 0. The fraction of sp³-hybridized carbons (Fsp3) is 0.818. The average molecular weight is 812 g/mol. The minimum Gasteiger partial charge on any atom is -0.756 e. The highest BCUT2D eigenvalue weighted by Gasteiger charge is 2.36. The second-order valence-corrected chi connectivity index (χ2v) is 18.1. The number of likely N-dealkylation sites (N-methyl/N-ethyl adjacent to an activating group) is 1. The predicted octanol–water partition coefficient (Wildman–Crippen LogP) is 9.81. The number of phosphoric acid groups is 1. The third-order valence-electron chi connectivity index (χ3n) is 10.4. The van der Waals surface area contributed by atoms with Crippen molar-refractivity contribution < 1.29 is 51.2 Å². The van der Waals surface area contributed by atoms with Crippen molar-refractivity contribution >= 4 is 19.8 Å². The van der Waals surface area contributed by atoms with Gasteiger partial charge in [-0.05, 0) is 76.3 Å². The Morgan fingerprint density at radius 2 is 1.38 bits per heavy atom. The number of quaternary nitrogens is 1. The molecule has 0 saturated carbocycles. The van der Waals surface area contributed by atoms with Gasteiger partial charge in [0.15, 0.2) is 6.10 Å². The highest BCUT2D eigenvalue weighted by molar-refractivity contribution is 7.45. The van der Waals surface area contributed by atoms with Crippen LogP contribution in [0, 0.1) is 13.8 Å². The number of hydrogen-bond acceptors (Lipinski definition) is 10. The van der Waals surface area contributed by atoms with Gasteiger partial charge in [0.05, 0.1) is 40.0 Å². The number of phosphoric ester groups is 1. The molecule has 12 heteroatoms. The lowest BCUT2D eigenvalue weighted by Crippen LogP contribution is -2.37. The first-order valence-electron chi connectivity index (χ1n) is 21.9. The van der Waals surface area contributed by atoms with Gasteiger partial charge in [0.1, 0.15) is 31.3 Å². The fourth-order valence-corrected chi connectivity index (χ4v) is 7.32. The lowest BCUT2D eigenvalue weighted by atomic mass is 10.0. The molecule has 1 aliphatic heterocycles. The maximum Gasteiger partial charge on any atom is 0.306 e. The quantitative estimate of drug-likeness (QED) is 0.0163. The number of carbonyl (C=O) groups is 2. The molecular weight excluding hydrogens is 733 g/mol. The Labute approximate surface area is 339 Å². The highest BCUT2D eigenvalue weighted by atomic mass is 31.2. The Morgan fingerprint density at radius 1 is 0.750 bits per heavy atom. The molecule has 1 fully saturated rings. The van der Waals surface area contributed by atoms with E-state index in [-0.39, 0.29) is 26.1 Å². The number of nitrogens with zero attached hydrogens (tertiary/aromatic N) is 1. The van der Waals surface area contributed by atoms with Crippen LogP contribution in [0.3, 0.4) is 0 Å². The molecule has 3 unspecified atom stereocenters. The van der Waals surface area contributed by atoms with Gasteiger partial charge in [-0.1, -0.05) is 90.2 Å². The van der Waals surface area contributed by atoms with Crippen LogP contribution in [0.15, 0.2) is 16.6 Å². The van der Waals surface area contributed by atoms with Crippen molar-refractivity contribution in [2.75, 3.05) is 47.5 Å². The summed E-state index contributed by atoms with van der Waals surface area (Å²) < 4.78 is 45.8. The van der Waals surface area contributed by atoms with Crippen molar-refractivity contribution in [1.82, 2.24) is 0 Å². The second kappa shape index (κ2) is 28.4. The van der Waals surface area contributed by atoms with Crippen molar-refractivity contribution in [3.63, 3.8) is 0 Å². The number of allylic oxidation sites excluding steroid dienone is 1. The summed E-state index contributed by atoms with van der Waals surface area (Å²) in [4.78, 5) is 37.6. The molecule has 2 rings (SSSR count). The SMILES string of the molecule is CCCCCC1OC1C/C=C\CCCCCCCC(=O)O[C@H](COC(=O)CCCCCCCCc1oc(CCC)c(C)c1C)COP(=O)([O-])OCC[N+](C)(C)C. The Bertz CT molecular complexity index is 1310. The van der Waals surface area contributed by atoms with Crippen LogP contribution in [0.25, 0.3) is 0 Å². The van der Waals surface area contributed by atoms with Gasteiger partial charge in [-0.25, -0.2) is 0 Å². The van der Waals surface area contributed by atoms with Crippen LogP contribution < -0.4 is 4.89 Å². The van der Waals surface area contributed by atoms with Gasteiger partial charge >= 0.3 is 11.9 Å². The number of furan rings is 1. The van der Waals surface area contributed by atoms with E-state index in [2.05, 4.69) is 39.8 Å². The van der Waals surface area contributed by atoms with Gasteiger partial charge in [-0.15, -0.1) is 0 Å². The Kier molecular flexibility index (Phi) is 25.4. The van der Waals surface area contributed by atoms with Gasteiger partial charge in [0.2, 0.25) is 0 Å². The van der Waals surface area contributed by atoms with Crippen molar-refractivity contribution in [3.05, 3.63) is 34.8 Å². The maximum atomic E-state index is 12.7. The number of aryl methyl sites for hydroxylation is 2. The monoisotopic (exact) mass is 812 g/mol. The van der Waals surface area contributed by atoms with Gasteiger partial charge in [-0.3, -0.25) is 14.2 Å². The number of epoxide rings is 1. The lowest BCUT2D eigenvalue weighted by molar-refractivity contribution is -0.870. The maximum absolute atomic E-state index is 12.7. The third-order valence-corrected chi connectivity index (χ3v) is 11.3. The molecule has 11 nitrogen and oxygen atoms in total. The molecule has 1 aromatic heterocycles. The van der Waals surface area contributed by atoms with Crippen LogP contribution in [0.4, 0.5) is 0 Å². The Balaban J connectivity index is 1.64. The fourth-order valence-electron chi connectivity index (χ4n) is 6.59. The number of unbranched alkanes of at least 4 members (excludes halogenated alkanes) is 12. The highest BCUT2D eigenvalue weighted by Crippen LogP contribution is 2.38. The van der Waals surface area contributed by atoms with Gasteiger partial charge < -0.3 is 37.1 Å². The summed E-state index contributed by atoms with van der Waals surface area (Å²) >= 11 is 0. The largest absolute Gasteiger partial charge is 0.756 e. The first-order chi connectivity index (χ1) is 26.7. The summed E-state index contributed by atoms with van der Waals surface area (Å²) in [6.07, 6.45) is 25.5. The van der Waals surface area contributed by atoms with Crippen molar-refractivity contribution in [2.45, 2.75) is 187 Å². The van der Waals surface area contributed by atoms with Gasteiger partial charge in [0.25, 0.3) is 7.82 Å². The van der Waals surface area contributed by atoms with Crippen molar-refractivity contribution in [1.29, 1.82) is 0 Å². The normalized spacial score (nSPS) is 17.3. The van der Waals surface area contributed by atoms with E-state index in [0.717, 1.165) is 101 Å². The van der Waals surface area contributed by atoms with Crippen LogP contribution in [0.1, 0.15) is 165 Å². The Hall–Kier alpha value is -2.01. The van der Waals surface area contributed by atoms with E-state index in [1.54, 1.807) is 0 Å². The van der Waals surface area contributed by atoms with Crippen LogP contribution in [0.2, 0.25) is 0 Å². The lowest BCUT2D eigenvalue weighted by Gasteiger charge is -2.28. The van der Waals surface area contributed by atoms with E-state index in [9.17, 15) is 19.0 Å². The third kappa shape index (κ3) is 24.0. The van der Waals surface area contributed by atoms with Crippen LogP contribution in [-0.2, 0) is 50.3 Å². The first-order valence-corrected chi connectivity index (χ1v) is 23.3. The zero-order valence-electron chi connectivity index (χ0n) is 36.2. The molecule has 2 heterocycles. The summed E-state index contributed by atoms with van der Waals surface area (Å²) in [6, 6.07) is 0. The number of ether oxygens (including phenoxy) is 3. The van der Waals surface area contributed by atoms with E-state index in [0.29, 0.717) is 36.1 Å². The minimum absolute atomic E-state index is 0.0434. The second-order valence-electron chi connectivity index (χ2n) is 16.7. The first kappa shape index (κ1) is 50.1. The zero-order chi connectivity index (χ0) is 41.2. The molecule has 4 atom stereocenters. The minimum atomic E-state index is -4.64. The van der Waals surface area contributed by atoms with E-state index in [1.807, 2.05) is 21.1 Å². The zero-order valence-corrected chi connectivity index (χ0v) is 37.1. The molecule has 0 aromatic carbocycles. The van der Waals surface area contributed by atoms with Crippen molar-refractivity contribution in [3.8, 4) is 0 Å². The molecule has 0 bridgehead atoms. The van der Waals surface area contributed by atoms with E-state index < -0.39 is 32.5 Å². The van der Waals surface area contributed by atoms with E-state index >= 15 is 0 Å². The molecular formula is C44H78NO10P. The number of carbonyl (C=O) groups excluding carboxylic acids is 2. The Morgan fingerprint density at radius 3 is 2.04 bits per heavy atom. The summed E-state index contributed by atoms with van der Waals surface area (Å²) in [5.41, 5.74) is 2.57. The summed E-state index contributed by atoms with van der Waals surface area (Å²) in [6.45, 7) is 8.34. The molecule has 0 N–H and O–H groups in total.